The van der Waals surface area contributed by atoms with Gasteiger partial charge < -0.3 is 5.32 Å². The molecule has 0 aromatic heterocycles. The topological polar surface area (TPSA) is 52.9 Å². The lowest BCUT2D eigenvalue weighted by atomic mass is 9.95. The van der Waals surface area contributed by atoms with E-state index >= 15 is 0 Å². The molecular formula is C24H15IN2O. The summed E-state index contributed by atoms with van der Waals surface area (Å²) < 4.78 is 1.08. The third-order valence-electron chi connectivity index (χ3n) is 4.57. The van der Waals surface area contributed by atoms with Crippen molar-refractivity contribution in [3.8, 4) is 6.07 Å². The second kappa shape index (κ2) is 7.83. The Labute approximate surface area is 176 Å². The number of hydrogen-bond donors (Lipinski definition) is 1. The highest BCUT2D eigenvalue weighted by Crippen LogP contribution is 2.30. The van der Waals surface area contributed by atoms with Gasteiger partial charge in [0.15, 0.2) is 0 Å². The fourth-order valence-corrected chi connectivity index (χ4v) is 3.59. The molecule has 4 rings (SSSR count). The van der Waals surface area contributed by atoms with Gasteiger partial charge in [0.25, 0.3) is 5.91 Å². The van der Waals surface area contributed by atoms with E-state index in [1.165, 1.54) is 0 Å². The number of hydrogen-bond acceptors (Lipinski definition) is 2. The Morgan fingerprint density at radius 3 is 2.04 bits per heavy atom. The van der Waals surface area contributed by atoms with Gasteiger partial charge in [0.2, 0.25) is 0 Å². The summed E-state index contributed by atoms with van der Waals surface area (Å²) in [6, 6.07) is 27.6. The molecule has 0 saturated heterocycles. The number of nitrogens with zero attached hydrogens (tertiary/aromatic N) is 1. The Balaban J connectivity index is 1.83. The van der Waals surface area contributed by atoms with Crippen LogP contribution in [0.15, 0.2) is 84.4 Å². The summed E-state index contributed by atoms with van der Waals surface area (Å²) in [5.41, 5.74) is 1.61. The van der Waals surface area contributed by atoms with Crippen LogP contribution in [0.25, 0.3) is 27.6 Å². The standard InChI is InChI=1S/C24H15IN2O/c25-19-9-11-20(12-10-19)27-24(28)18(15-26)14-23-21-7-3-1-5-16(21)13-17-6-2-4-8-22(17)23/h1-14H,(H,27,28)/b18-14+. The first-order valence-corrected chi connectivity index (χ1v) is 9.83. The van der Waals surface area contributed by atoms with E-state index in [2.05, 4.69) is 40.0 Å². The molecule has 4 heteroatoms. The van der Waals surface area contributed by atoms with Crippen molar-refractivity contribution < 1.29 is 4.79 Å². The molecule has 4 aromatic rings. The van der Waals surface area contributed by atoms with Crippen molar-refractivity contribution in [3.63, 3.8) is 0 Å². The molecule has 0 fully saturated rings. The lowest BCUT2D eigenvalue weighted by Gasteiger charge is -2.09. The average Bonchev–Trinajstić information content (AvgIpc) is 2.72. The monoisotopic (exact) mass is 474 g/mol. The highest BCUT2D eigenvalue weighted by molar-refractivity contribution is 14.1. The van der Waals surface area contributed by atoms with Crippen LogP contribution >= 0.6 is 22.6 Å². The Bertz CT molecular complexity index is 1210. The van der Waals surface area contributed by atoms with Crippen LogP contribution in [-0.2, 0) is 4.79 Å². The molecule has 0 radical (unpaired) electrons. The number of nitrogens with one attached hydrogen (secondary N) is 1. The second-order valence-corrected chi connectivity index (χ2v) is 7.61. The number of carbonyl (C=O) groups is 1. The van der Waals surface area contributed by atoms with Gasteiger partial charge in [0.05, 0.1) is 0 Å². The number of fused-ring (bicyclic) bond motifs is 2. The van der Waals surface area contributed by atoms with E-state index in [0.29, 0.717) is 5.69 Å². The largest absolute Gasteiger partial charge is 0.321 e. The number of halogens is 1. The first-order chi connectivity index (χ1) is 13.7. The zero-order valence-corrected chi connectivity index (χ0v) is 17.0. The highest BCUT2D eigenvalue weighted by Gasteiger charge is 2.12. The van der Waals surface area contributed by atoms with E-state index in [4.69, 9.17) is 0 Å². The molecule has 4 aromatic carbocycles. The molecule has 1 amide bonds. The minimum atomic E-state index is -0.416. The molecule has 0 spiro atoms. The smallest absolute Gasteiger partial charge is 0.266 e. The number of carbonyl (C=O) groups excluding carboxylic acids is 1. The molecule has 0 aliphatic heterocycles. The highest BCUT2D eigenvalue weighted by atomic mass is 127. The van der Waals surface area contributed by atoms with Crippen LogP contribution in [0, 0.1) is 14.9 Å². The molecule has 0 unspecified atom stereocenters. The van der Waals surface area contributed by atoms with E-state index in [-0.39, 0.29) is 5.57 Å². The van der Waals surface area contributed by atoms with Gasteiger partial charge in [-0.1, -0.05) is 48.5 Å². The van der Waals surface area contributed by atoms with Crippen LogP contribution in [0.1, 0.15) is 5.56 Å². The van der Waals surface area contributed by atoms with Gasteiger partial charge in [-0.2, -0.15) is 5.26 Å². The van der Waals surface area contributed by atoms with Crippen molar-refractivity contribution in [2.75, 3.05) is 5.32 Å². The zero-order valence-electron chi connectivity index (χ0n) is 14.8. The van der Waals surface area contributed by atoms with E-state index in [9.17, 15) is 10.1 Å². The summed E-state index contributed by atoms with van der Waals surface area (Å²) >= 11 is 2.21. The van der Waals surface area contributed by atoms with Crippen LogP contribution in [0.5, 0.6) is 0 Å². The van der Waals surface area contributed by atoms with Crippen LogP contribution in [0.2, 0.25) is 0 Å². The van der Waals surface area contributed by atoms with Crippen molar-refractivity contribution in [3.05, 3.63) is 93.6 Å². The van der Waals surface area contributed by atoms with Crippen LogP contribution in [-0.4, -0.2) is 5.91 Å². The number of amides is 1. The Morgan fingerprint density at radius 1 is 0.893 bits per heavy atom. The third kappa shape index (κ3) is 3.62. The zero-order chi connectivity index (χ0) is 19.5. The molecule has 1 N–H and O–H groups in total. The van der Waals surface area contributed by atoms with E-state index in [1.54, 1.807) is 6.08 Å². The molecule has 0 heterocycles. The fraction of sp³-hybridized carbons (Fsp3) is 0. The third-order valence-corrected chi connectivity index (χ3v) is 5.29. The predicted octanol–water partition coefficient (Wildman–Crippen LogP) is 6.14. The predicted molar refractivity (Wildman–Crippen MR) is 123 cm³/mol. The molecule has 0 atom stereocenters. The first-order valence-electron chi connectivity index (χ1n) is 8.75. The molecule has 0 saturated carbocycles. The second-order valence-electron chi connectivity index (χ2n) is 6.36. The fourth-order valence-electron chi connectivity index (χ4n) is 3.23. The van der Waals surface area contributed by atoms with Gasteiger partial charge in [-0.05, 0) is 86.1 Å². The maximum atomic E-state index is 12.7. The molecule has 0 aliphatic carbocycles. The van der Waals surface area contributed by atoms with E-state index in [1.807, 2.05) is 72.8 Å². The normalized spacial score (nSPS) is 11.4. The van der Waals surface area contributed by atoms with Crippen molar-refractivity contribution in [1.82, 2.24) is 0 Å². The lowest BCUT2D eigenvalue weighted by Crippen LogP contribution is -2.13. The first kappa shape index (κ1) is 18.2. The van der Waals surface area contributed by atoms with E-state index in [0.717, 1.165) is 30.7 Å². The van der Waals surface area contributed by atoms with Crippen LogP contribution in [0.4, 0.5) is 5.69 Å². The molecule has 0 bridgehead atoms. The number of rotatable bonds is 3. The minimum Gasteiger partial charge on any atom is -0.321 e. The lowest BCUT2D eigenvalue weighted by molar-refractivity contribution is -0.112. The van der Waals surface area contributed by atoms with Crippen molar-refractivity contribution in [2.24, 2.45) is 0 Å². The molecule has 134 valence electrons. The Hall–Kier alpha value is -3.17. The van der Waals surface area contributed by atoms with Crippen LogP contribution < -0.4 is 5.32 Å². The summed E-state index contributed by atoms with van der Waals surface area (Å²) in [6.07, 6.45) is 1.69. The Morgan fingerprint density at radius 2 is 1.46 bits per heavy atom. The maximum absolute atomic E-state index is 12.7. The summed E-state index contributed by atoms with van der Waals surface area (Å²) in [4.78, 5) is 12.7. The molecule has 28 heavy (non-hydrogen) atoms. The van der Waals surface area contributed by atoms with Gasteiger partial charge >= 0.3 is 0 Å². The summed E-state index contributed by atoms with van der Waals surface area (Å²) in [5, 5.41) is 16.6. The number of anilines is 1. The number of nitriles is 1. The summed E-state index contributed by atoms with van der Waals surface area (Å²) in [6.45, 7) is 0. The molecule has 3 nitrogen and oxygen atoms in total. The molecule has 0 aliphatic rings. The minimum absolute atomic E-state index is 0.0695. The SMILES string of the molecule is N#C/C(=C\c1c2ccccc2cc2ccccc12)C(=O)Nc1ccc(I)cc1. The van der Waals surface area contributed by atoms with Gasteiger partial charge in [0.1, 0.15) is 11.6 Å². The number of benzene rings is 4. The summed E-state index contributed by atoms with van der Waals surface area (Å²) in [7, 11) is 0. The van der Waals surface area contributed by atoms with Gasteiger partial charge in [0, 0.05) is 9.26 Å². The van der Waals surface area contributed by atoms with E-state index < -0.39 is 5.91 Å². The molecular weight excluding hydrogens is 459 g/mol. The van der Waals surface area contributed by atoms with Crippen LogP contribution in [0.3, 0.4) is 0 Å². The van der Waals surface area contributed by atoms with Crippen molar-refractivity contribution >= 4 is 61.8 Å². The quantitative estimate of drug-likeness (QED) is 0.168. The van der Waals surface area contributed by atoms with Gasteiger partial charge in [-0.3, -0.25) is 4.79 Å². The van der Waals surface area contributed by atoms with Gasteiger partial charge in [-0.15, -0.1) is 0 Å². The van der Waals surface area contributed by atoms with Gasteiger partial charge in [-0.25, -0.2) is 0 Å². The van der Waals surface area contributed by atoms with Crippen molar-refractivity contribution in [1.29, 1.82) is 5.26 Å². The summed E-state index contributed by atoms with van der Waals surface area (Å²) in [5.74, 6) is -0.416. The maximum Gasteiger partial charge on any atom is 0.266 e. The van der Waals surface area contributed by atoms with Crippen molar-refractivity contribution in [2.45, 2.75) is 0 Å². The average molecular weight is 474 g/mol. The Kier molecular flexibility index (Phi) is 5.09.